The van der Waals surface area contributed by atoms with Crippen LogP contribution < -0.4 is 10.6 Å². The molecule has 2 aromatic heterocycles. The Balaban J connectivity index is 1.79. The summed E-state index contributed by atoms with van der Waals surface area (Å²) in [5.74, 6) is -0.301. The summed E-state index contributed by atoms with van der Waals surface area (Å²) < 4.78 is 5.09. The highest BCUT2D eigenvalue weighted by Gasteiger charge is 2.21. The van der Waals surface area contributed by atoms with Crippen LogP contribution in [0.1, 0.15) is 52.1 Å². The van der Waals surface area contributed by atoms with Gasteiger partial charge in [0.1, 0.15) is 0 Å². The minimum atomic E-state index is -0.341. The van der Waals surface area contributed by atoms with E-state index >= 15 is 0 Å². The number of carbonyl (C=O) groups excluding carboxylic acids is 2. The van der Waals surface area contributed by atoms with Crippen LogP contribution in [-0.4, -0.2) is 11.8 Å². The fourth-order valence-corrected chi connectivity index (χ4v) is 3.74. The topological polar surface area (TPSA) is 71.3 Å². The highest BCUT2D eigenvalue weighted by atomic mass is 32.1. The second-order valence-corrected chi connectivity index (χ2v) is 8.36. The fourth-order valence-electron chi connectivity index (χ4n) is 2.78. The lowest BCUT2D eigenvalue weighted by Gasteiger charge is -2.22. The van der Waals surface area contributed by atoms with Crippen LogP contribution in [0.15, 0.2) is 53.1 Å². The molecule has 5 nitrogen and oxygen atoms in total. The van der Waals surface area contributed by atoms with Gasteiger partial charge in [0.2, 0.25) is 0 Å². The summed E-state index contributed by atoms with van der Waals surface area (Å²) in [6, 6.07) is 12.8. The molecule has 0 fully saturated rings. The van der Waals surface area contributed by atoms with Crippen molar-refractivity contribution in [2.75, 3.05) is 10.6 Å². The van der Waals surface area contributed by atoms with Gasteiger partial charge >= 0.3 is 0 Å². The van der Waals surface area contributed by atoms with E-state index in [0.29, 0.717) is 9.88 Å². The Kier molecular flexibility index (Phi) is 5.19. The SMILES string of the molecule is Cc1cc(NC(=O)c2ccco2)sc1C(=O)Nc1ccccc1C(C)(C)C. The molecule has 3 aromatic rings. The Labute approximate surface area is 162 Å². The number of anilines is 2. The summed E-state index contributed by atoms with van der Waals surface area (Å²) in [5, 5.41) is 6.37. The predicted molar refractivity (Wildman–Crippen MR) is 109 cm³/mol. The van der Waals surface area contributed by atoms with E-state index < -0.39 is 0 Å². The average Bonchev–Trinajstić information content (AvgIpc) is 3.24. The standard InChI is InChI=1S/C21H22N2O3S/c1-13-12-17(23-19(24)16-10-7-11-26-16)27-18(13)20(25)22-15-9-6-5-8-14(15)21(2,3)4/h5-12H,1-4H3,(H,22,25)(H,23,24). The number of aryl methyl sites for hydroxylation is 1. The number of nitrogens with one attached hydrogen (secondary N) is 2. The highest BCUT2D eigenvalue weighted by molar-refractivity contribution is 7.18. The van der Waals surface area contributed by atoms with Crippen LogP contribution in [0.4, 0.5) is 10.7 Å². The molecule has 0 atom stereocenters. The lowest BCUT2D eigenvalue weighted by atomic mass is 9.86. The van der Waals surface area contributed by atoms with Crippen molar-refractivity contribution >= 4 is 33.8 Å². The van der Waals surface area contributed by atoms with Crippen molar-refractivity contribution in [2.24, 2.45) is 0 Å². The van der Waals surface area contributed by atoms with Crippen molar-refractivity contribution in [3.05, 3.63) is 70.5 Å². The van der Waals surface area contributed by atoms with Crippen LogP contribution in [0.5, 0.6) is 0 Å². The molecule has 0 unspecified atom stereocenters. The van der Waals surface area contributed by atoms with Gasteiger partial charge in [0, 0.05) is 5.69 Å². The first-order chi connectivity index (χ1) is 12.8. The first-order valence-electron chi connectivity index (χ1n) is 8.62. The van der Waals surface area contributed by atoms with E-state index in [1.165, 1.54) is 17.6 Å². The Morgan fingerprint density at radius 3 is 2.41 bits per heavy atom. The number of hydrogen-bond donors (Lipinski definition) is 2. The summed E-state index contributed by atoms with van der Waals surface area (Å²) >= 11 is 1.24. The van der Waals surface area contributed by atoms with Gasteiger partial charge in [-0.15, -0.1) is 11.3 Å². The van der Waals surface area contributed by atoms with Crippen LogP contribution in [-0.2, 0) is 5.41 Å². The summed E-state index contributed by atoms with van der Waals surface area (Å²) in [5.41, 5.74) is 2.58. The number of amides is 2. The van der Waals surface area contributed by atoms with E-state index in [-0.39, 0.29) is 23.0 Å². The van der Waals surface area contributed by atoms with E-state index in [1.807, 2.05) is 31.2 Å². The second-order valence-electron chi connectivity index (χ2n) is 7.30. The van der Waals surface area contributed by atoms with Crippen molar-refractivity contribution in [1.29, 1.82) is 0 Å². The van der Waals surface area contributed by atoms with E-state index in [0.717, 1.165) is 16.8 Å². The maximum atomic E-state index is 12.8. The van der Waals surface area contributed by atoms with E-state index in [4.69, 9.17) is 4.42 Å². The Morgan fingerprint density at radius 1 is 1.00 bits per heavy atom. The van der Waals surface area contributed by atoms with Gasteiger partial charge in [-0.2, -0.15) is 0 Å². The van der Waals surface area contributed by atoms with Gasteiger partial charge in [0.15, 0.2) is 5.76 Å². The van der Waals surface area contributed by atoms with Gasteiger partial charge in [-0.1, -0.05) is 39.0 Å². The van der Waals surface area contributed by atoms with Gasteiger partial charge in [0.05, 0.1) is 16.1 Å². The molecule has 27 heavy (non-hydrogen) atoms. The molecule has 0 aliphatic rings. The summed E-state index contributed by atoms with van der Waals surface area (Å²) in [4.78, 5) is 25.5. The smallest absolute Gasteiger partial charge is 0.291 e. The molecule has 6 heteroatoms. The third-order valence-corrected chi connectivity index (χ3v) is 5.24. The van der Waals surface area contributed by atoms with Gasteiger partial charge < -0.3 is 15.1 Å². The summed E-state index contributed by atoms with van der Waals surface area (Å²) in [7, 11) is 0. The van der Waals surface area contributed by atoms with Crippen molar-refractivity contribution in [3.63, 3.8) is 0 Å². The Morgan fingerprint density at radius 2 is 1.74 bits per heavy atom. The number of hydrogen-bond acceptors (Lipinski definition) is 4. The molecule has 0 radical (unpaired) electrons. The maximum Gasteiger partial charge on any atom is 0.291 e. The fraction of sp³-hybridized carbons (Fsp3) is 0.238. The largest absolute Gasteiger partial charge is 0.459 e. The average molecular weight is 382 g/mol. The van der Waals surface area contributed by atoms with Crippen LogP contribution in [0.2, 0.25) is 0 Å². The van der Waals surface area contributed by atoms with Crippen LogP contribution in [0, 0.1) is 6.92 Å². The number of para-hydroxylation sites is 1. The molecule has 0 saturated carbocycles. The second kappa shape index (κ2) is 7.40. The van der Waals surface area contributed by atoms with Gasteiger partial charge in [0.25, 0.3) is 11.8 Å². The molecule has 0 aliphatic carbocycles. The number of rotatable bonds is 4. The minimum Gasteiger partial charge on any atom is -0.459 e. The predicted octanol–water partition coefficient (Wildman–Crippen LogP) is 5.45. The number of benzene rings is 1. The Hall–Kier alpha value is -2.86. The third-order valence-electron chi connectivity index (χ3n) is 4.09. The quantitative estimate of drug-likeness (QED) is 0.630. The van der Waals surface area contributed by atoms with Crippen molar-refractivity contribution in [3.8, 4) is 0 Å². The molecule has 0 saturated heterocycles. The lowest BCUT2D eigenvalue weighted by molar-refractivity contribution is 0.0995. The molecule has 2 N–H and O–H groups in total. The van der Waals surface area contributed by atoms with Crippen LogP contribution in [0.3, 0.4) is 0 Å². The van der Waals surface area contributed by atoms with Crippen molar-refractivity contribution in [1.82, 2.24) is 0 Å². The van der Waals surface area contributed by atoms with Gasteiger partial charge in [-0.05, 0) is 47.7 Å². The zero-order valence-corrected chi connectivity index (χ0v) is 16.6. The van der Waals surface area contributed by atoms with Gasteiger partial charge in [-0.25, -0.2) is 0 Å². The first kappa shape index (κ1) is 18.9. The molecule has 0 aliphatic heterocycles. The molecule has 2 heterocycles. The summed E-state index contributed by atoms with van der Waals surface area (Å²) in [6.45, 7) is 8.17. The highest BCUT2D eigenvalue weighted by Crippen LogP contribution is 2.32. The molecular weight excluding hydrogens is 360 g/mol. The molecule has 0 bridgehead atoms. The number of furan rings is 1. The molecule has 0 spiro atoms. The molecule has 3 rings (SSSR count). The molecule has 2 amide bonds. The van der Waals surface area contributed by atoms with E-state index in [1.54, 1.807) is 18.2 Å². The number of carbonyl (C=O) groups is 2. The van der Waals surface area contributed by atoms with Crippen molar-refractivity contribution < 1.29 is 14.0 Å². The van der Waals surface area contributed by atoms with Crippen LogP contribution in [0.25, 0.3) is 0 Å². The van der Waals surface area contributed by atoms with E-state index in [9.17, 15) is 9.59 Å². The first-order valence-corrected chi connectivity index (χ1v) is 9.43. The molecular formula is C21H22N2O3S. The molecule has 1 aromatic carbocycles. The zero-order chi connectivity index (χ0) is 19.6. The zero-order valence-electron chi connectivity index (χ0n) is 15.8. The lowest BCUT2D eigenvalue weighted by Crippen LogP contribution is -2.18. The molecule has 140 valence electrons. The number of thiophene rings is 1. The van der Waals surface area contributed by atoms with Crippen molar-refractivity contribution in [2.45, 2.75) is 33.1 Å². The monoisotopic (exact) mass is 382 g/mol. The van der Waals surface area contributed by atoms with Crippen LogP contribution >= 0.6 is 11.3 Å². The van der Waals surface area contributed by atoms with E-state index in [2.05, 4.69) is 31.4 Å². The summed E-state index contributed by atoms with van der Waals surface area (Å²) in [6.07, 6.45) is 1.44. The minimum absolute atomic E-state index is 0.0868. The van der Waals surface area contributed by atoms with Gasteiger partial charge in [-0.3, -0.25) is 9.59 Å². The third kappa shape index (κ3) is 4.28. The maximum absolute atomic E-state index is 12.8. The Bertz CT molecular complexity index is 966. The normalized spacial score (nSPS) is 11.3.